The monoisotopic (exact) mass is 471 g/mol. The molecule has 11 heteroatoms. The summed E-state index contributed by atoms with van der Waals surface area (Å²) in [6, 6.07) is 15.7. The molecule has 0 aliphatic carbocycles. The fraction of sp³-hybridized carbons (Fsp3) is 0.0909. The van der Waals surface area contributed by atoms with Crippen LogP contribution in [0.2, 0.25) is 0 Å². The lowest BCUT2D eigenvalue weighted by molar-refractivity contribution is -0.137. The van der Waals surface area contributed by atoms with Crippen LogP contribution in [0.5, 0.6) is 0 Å². The molecule has 0 saturated carbocycles. The molecule has 1 aromatic heterocycles. The van der Waals surface area contributed by atoms with Crippen molar-refractivity contribution >= 4 is 29.0 Å². The lowest BCUT2D eigenvalue weighted by Gasteiger charge is -2.31. The second-order valence-corrected chi connectivity index (χ2v) is 8.21. The molecule has 0 spiro atoms. The first-order valence-corrected chi connectivity index (χ1v) is 10.5. The Morgan fingerprint density at radius 1 is 0.939 bits per heavy atom. The molecule has 1 aliphatic heterocycles. The van der Waals surface area contributed by atoms with Crippen LogP contribution >= 0.6 is 11.8 Å². The minimum absolute atomic E-state index is 0.136. The van der Waals surface area contributed by atoms with Gasteiger partial charge in [0.1, 0.15) is 12.4 Å². The molecule has 0 bridgehead atoms. The van der Waals surface area contributed by atoms with Gasteiger partial charge in [-0.3, -0.25) is 9.69 Å². The number of carbonyl (C=O) groups is 1. The van der Waals surface area contributed by atoms with E-state index in [9.17, 15) is 22.4 Å². The molecule has 5 rings (SSSR count). The Kier molecular flexibility index (Phi) is 5.12. The summed E-state index contributed by atoms with van der Waals surface area (Å²) in [4.78, 5) is 16.9. The van der Waals surface area contributed by atoms with Crippen molar-refractivity contribution in [3.05, 3.63) is 78.1 Å². The van der Waals surface area contributed by atoms with E-state index < -0.39 is 23.5 Å². The van der Waals surface area contributed by atoms with E-state index >= 15 is 0 Å². The Bertz CT molecular complexity index is 1350. The van der Waals surface area contributed by atoms with Gasteiger partial charge in [0.25, 0.3) is 5.91 Å². The van der Waals surface area contributed by atoms with Gasteiger partial charge < -0.3 is 0 Å². The maximum absolute atomic E-state index is 13.4. The molecule has 2 heterocycles. The van der Waals surface area contributed by atoms with Crippen molar-refractivity contribution in [2.45, 2.75) is 22.5 Å². The fourth-order valence-electron chi connectivity index (χ4n) is 3.42. The number of fused-ring (bicyclic) bond motifs is 2. The van der Waals surface area contributed by atoms with E-state index in [2.05, 4.69) is 15.4 Å². The zero-order valence-corrected chi connectivity index (χ0v) is 17.4. The second-order valence-electron chi connectivity index (χ2n) is 7.13. The van der Waals surface area contributed by atoms with Gasteiger partial charge in [0.2, 0.25) is 5.82 Å². The van der Waals surface area contributed by atoms with Gasteiger partial charge in [-0.15, -0.1) is 10.2 Å². The molecule has 0 fully saturated rings. The SMILES string of the molecule is O=C(Cn1nnc(-c2ccc(F)cc2)n1)N1c2ccccc2Sc2ccc(C(F)(F)F)cc21. The maximum atomic E-state index is 13.4. The number of alkyl halides is 3. The first kappa shape index (κ1) is 21.1. The average molecular weight is 471 g/mol. The number of hydrogen-bond acceptors (Lipinski definition) is 5. The Hall–Kier alpha value is -3.73. The molecule has 0 atom stereocenters. The van der Waals surface area contributed by atoms with Gasteiger partial charge in [0, 0.05) is 15.4 Å². The summed E-state index contributed by atoms with van der Waals surface area (Å²) in [5.74, 6) is -0.761. The maximum Gasteiger partial charge on any atom is 0.416 e. The normalized spacial score (nSPS) is 12.9. The van der Waals surface area contributed by atoms with Gasteiger partial charge in [0.05, 0.1) is 16.9 Å². The van der Waals surface area contributed by atoms with Crippen LogP contribution in [0.4, 0.5) is 28.9 Å². The van der Waals surface area contributed by atoms with Crippen molar-refractivity contribution < 1.29 is 22.4 Å². The summed E-state index contributed by atoms with van der Waals surface area (Å²) in [6.07, 6.45) is -4.55. The molecule has 0 saturated heterocycles. The number of benzene rings is 3. The van der Waals surface area contributed by atoms with E-state index in [-0.39, 0.29) is 18.1 Å². The van der Waals surface area contributed by atoms with Gasteiger partial charge in [-0.25, -0.2) is 4.39 Å². The van der Waals surface area contributed by atoms with Gasteiger partial charge in [-0.2, -0.15) is 18.0 Å². The minimum Gasteiger partial charge on any atom is -0.277 e. The molecule has 0 radical (unpaired) electrons. The van der Waals surface area contributed by atoms with E-state index in [1.165, 1.54) is 47.0 Å². The highest BCUT2D eigenvalue weighted by Gasteiger charge is 2.35. The summed E-state index contributed by atoms with van der Waals surface area (Å²) in [5.41, 5.74) is 0.266. The molecular weight excluding hydrogens is 458 g/mol. The first-order valence-electron chi connectivity index (χ1n) is 9.64. The zero-order valence-electron chi connectivity index (χ0n) is 16.6. The highest BCUT2D eigenvalue weighted by molar-refractivity contribution is 7.99. The highest BCUT2D eigenvalue weighted by Crippen LogP contribution is 2.49. The number of hydrogen-bond donors (Lipinski definition) is 0. The van der Waals surface area contributed by atoms with E-state index in [0.717, 1.165) is 21.8 Å². The van der Waals surface area contributed by atoms with Crippen LogP contribution in [0.25, 0.3) is 11.4 Å². The van der Waals surface area contributed by atoms with Crippen LogP contribution in [0.15, 0.2) is 76.5 Å². The van der Waals surface area contributed by atoms with Crippen LogP contribution in [-0.2, 0) is 17.5 Å². The summed E-state index contributed by atoms with van der Waals surface area (Å²) in [6.45, 7) is -0.358. The second kappa shape index (κ2) is 8.00. The first-order chi connectivity index (χ1) is 15.8. The molecule has 6 nitrogen and oxygen atoms in total. The van der Waals surface area contributed by atoms with Crippen molar-refractivity contribution in [2.24, 2.45) is 0 Å². The highest BCUT2D eigenvalue weighted by atomic mass is 32.2. The Morgan fingerprint density at radius 3 is 2.42 bits per heavy atom. The summed E-state index contributed by atoms with van der Waals surface area (Å²) < 4.78 is 53.2. The molecule has 166 valence electrons. The Balaban J connectivity index is 1.50. The smallest absolute Gasteiger partial charge is 0.277 e. The number of amides is 1. The fourth-order valence-corrected chi connectivity index (χ4v) is 4.45. The quantitative estimate of drug-likeness (QED) is 0.378. The molecule has 33 heavy (non-hydrogen) atoms. The summed E-state index contributed by atoms with van der Waals surface area (Å²) >= 11 is 1.29. The molecule has 0 unspecified atom stereocenters. The van der Waals surface area contributed by atoms with Crippen molar-refractivity contribution in [3.8, 4) is 11.4 Å². The lowest BCUT2D eigenvalue weighted by Crippen LogP contribution is -2.32. The predicted molar refractivity (Wildman–Crippen MR) is 112 cm³/mol. The number of tetrazole rings is 1. The van der Waals surface area contributed by atoms with Crippen LogP contribution < -0.4 is 4.90 Å². The van der Waals surface area contributed by atoms with E-state index in [4.69, 9.17) is 0 Å². The Labute approximate surface area is 188 Å². The zero-order chi connectivity index (χ0) is 23.2. The Morgan fingerprint density at radius 2 is 1.67 bits per heavy atom. The van der Waals surface area contributed by atoms with Gasteiger partial charge in [0.15, 0.2) is 0 Å². The third-order valence-electron chi connectivity index (χ3n) is 4.93. The number of halogens is 4. The van der Waals surface area contributed by atoms with E-state index in [1.54, 1.807) is 24.3 Å². The number of anilines is 2. The number of para-hydroxylation sites is 1. The topological polar surface area (TPSA) is 63.9 Å². The summed E-state index contributed by atoms with van der Waals surface area (Å²) in [7, 11) is 0. The molecule has 0 N–H and O–H groups in total. The lowest BCUT2D eigenvalue weighted by atomic mass is 10.1. The van der Waals surface area contributed by atoms with E-state index in [1.807, 2.05) is 0 Å². The number of rotatable bonds is 3. The van der Waals surface area contributed by atoms with Crippen molar-refractivity contribution in [2.75, 3.05) is 4.90 Å². The largest absolute Gasteiger partial charge is 0.416 e. The van der Waals surface area contributed by atoms with Crippen molar-refractivity contribution in [3.63, 3.8) is 0 Å². The van der Waals surface area contributed by atoms with Crippen LogP contribution in [0.1, 0.15) is 5.56 Å². The van der Waals surface area contributed by atoms with Crippen LogP contribution in [0, 0.1) is 5.82 Å². The molecule has 4 aromatic rings. The average Bonchev–Trinajstić information content (AvgIpc) is 3.25. The predicted octanol–water partition coefficient (Wildman–Crippen LogP) is 5.33. The number of nitrogens with zero attached hydrogens (tertiary/aromatic N) is 5. The van der Waals surface area contributed by atoms with Gasteiger partial charge in [-0.05, 0) is 59.8 Å². The summed E-state index contributed by atoms with van der Waals surface area (Å²) in [5, 5.41) is 11.9. The van der Waals surface area contributed by atoms with Crippen LogP contribution in [0.3, 0.4) is 0 Å². The van der Waals surface area contributed by atoms with Crippen molar-refractivity contribution in [1.29, 1.82) is 0 Å². The van der Waals surface area contributed by atoms with Crippen LogP contribution in [-0.4, -0.2) is 26.1 Å². The standard InChI is InChI=1S/C22H13F4N5OS/c23-15-8-5-13(6-9-15)21-27-29-30(28-21)12-20(32)31-16-3-1-2-4-18(16)33-19-10-7-14(11-17(19)31)22(24,25)26/h1-11H,12H2. The molecule has 1 aliphatic rings. The molecule has 1 amide bonds. The third-order valence-corrected chi connectivity index (χ3v) is 6.06. The molecular formula is C22H13F4N5OS. The number of carbonyl (C=O) groups excluding carboxylic acids is 1. The van der Waals surface area contributed by atoms with E-state index in [0.29, 0.717) is 16.1 Å². The third kappa shape index (κ3) is 4.07. The van der Waals surface area contributed by atoms with Crippen molar-refractivity contribution in [1.82, 2.24) is 20.2 Å². The minimum atomic E-state index is -4.55. The number of aromatic nitrogens is 4. The van der Waals surface area contributed by atoms with Gasteiger partial charge in [-0.1, -0.05) is 23.9 Å². The molecule has 3 aromatic carbocycles. The van der Waals surface area contributed by atoms with Gasteiger partial charge >= 0.3 is 6.18 Å².